The van der Waals surface area contributed by atoms with Gasteiger partial charge in [-0.2, -0.15) is 17.4 Å². The summed E-state index contributed by atoms with van der Waals surface area (Å²) in [5, 5.41) is 3.58. The molecular formula is C14H29N3O2S. The smallest absolute Gasteiger partial charge is 0.279 e. The van der Waals surface area contributed by atoms with Gasteiger partial charge in [0, 0.05) is 24.7 Å². The standard InChI is InChI=1S/C14H29N3O2S/c1-3-10-17(11-4-2)20(18,19)16-13-6-9-15-14(12-13)7-5-8-14/h13,15-16H,3-12H2,1-2H3. The Morgan fingerprint density at radius 1 is 1.25 bits per heavy atom. The van der Waals surface area contributed by atoms with Gasteiger partial charge in [-0.15, -0.1) is 0 Å². The number of nitrogens with zero attached hydrogens (tertiary/aromatic N) is 1. The Balaban J connectivity index is 1.95. The lowest BCUT2D eigenvalue weighted by Crippen LogP contribution is -2.60. The van der Waals surface area contributed by atoms with Crippen LogP contribution in [0.15, 0.2) is 0 Å². The maximum absolute atomic E-state index is 12.5. The van der Waals surface area contributed by atoms with Gasteiger partial charge >= 0.3 is 0 Å². The van der Waals surface area contributed by atoms with Crippen molar-refractivity contribution in [1.82, 2.24) is 14.3 Å². The molecule has 1 spiro atoms. The molecule has 1 atom stereocenters. The number of hydrogen-bond donors (Lipinski definition) is 2. The summed E-state index contributed by atoms with van der Waals surface area (Å²) < 4.78 is 29.5. The van der Waals surface area contributed by atoms with Crippen molar-refractivity contribution in [3.8, 4) is 0 Å². The molecule has 0 amide bonds. The lowest BCUT2D eigenvalue weighted by atomic mass is 9.70. The third kappa shape index (κ3) is 3.72. The predicted octanol–water partition coefficient (Wildman–Crippen LogP) is 1.62. The van der Waals surface area contributed by atoms with Gasteiger partial charge in [-0.25, -0.2) is 0 Å². The van der Waals surface area contributed by atoms with Gasteiger partial charge < -0.3 is 5.32 Å². The minimum atomic E-state index is -3.33. The van der Waals surface area contributed by atoms with Crippen molar-refractivity contribution in [3.05, 3.63) is 0 Å². The first-order valence-electron chi connectivity index (χ1n) is 8.04. The van der Waals surface area contributed by atoms with Crippen LogP contribution in [0, 0.1) is 0 Å². The minimum absolute atomic E-state index is 0.0952. The Morgan fingerprint density at radius 2 is 1.90 bits per heavy atom. The average molecular weight is 303 g/mol. The van der Waals surface area contributed by atoms with Gasteiger partial charge in [0.2, 0.25) is 0 Å². The van der Waals surface area contributed by atoms with Gasteiger partial charge in [0.25, 0.3) is 10.2 Å². The van der Waals surface area contributed by atoms with E-state index in [0.29, 0.717) is 13.1 Å². The zero-order valence-electron chi connectivity index (χ0n) is 12.8. The normalized spacial score (nSPS) is 25.9. The fourth-order valence-electron chi connectivity index (χ4n) is 3.38. The van der Waals surface area contributed by atoms with Crippen molar-refractivity contribution >= 4 is 10.2 Å². The first-order valence-corrected chi connectivity index (χ1v) is 9.48. The van der Waals surface area contributed by atoms with Gasteiger partial charge in [0.05, 0.1) is 0 Å². The monoisotopic (exact) mass is 303 g/mol. The van der Waals surface area contributed by atoms with Crippen LogP contribution in [-0.4, -0.2) is 43.9 Å². The number of hydrogen-bond acceptors (Lipinski definition) is 3. The van der Waals surface area contributed by atoms with Gasteiger partial charge in [0.1, 0.15) is 0 Å². The third-order valence-electron chi connectivity index (χ3n) is 4.54. The molecule has 1 aliphatic carbocycles. The van der Waals surface area contributed by atoms with E-state index in [4.69, 9.17) is 0 Å². The molecule has 6 heteroatoms. The first kappa shape index (κ1) is 16.2. The molecule has 2 N–H and O–H groups in total. The van der Waals surface area contributed by atoms with E-state index in [0.717, 1.165) is 32.2 Å². The number of rotatable bonds is 7. The molecule has 5 nitrogen and oxygen atoms in total. The molecule has 1 saturated heterocycles. The number of piperidine rings is 1. The second-order valence-corrected chi connectivity index (χ2v) is 7.97. The van der Waals surface area contributed by atoms with E-state index in [1.165, 1.54) is 19.3 Å². The second kappa shape index (κ2) is 6.73. The van der Waals surface area contributed by atoms with E-state index < -0.39 is 10.2 Å². The third-order valence-corrected chi connectivity index (χ3v) is 6.22. The molecule has 1 aliphatic heterocycles. The van der Waals surface area contributed by atoms with E-state index in [1.54, 1.807) is 4.31 Å². The molecule has 1 heterocycles. The summed E-state index contributed by atoms with van der Waals surface area (Å²) in [6.07, 6.45) is 7.21. The van der Waals surface area contributed by atoms with Crippen molar-refractivity contribution < 1.29 is 8.42 Å². The van der Waals surface area contributed by atoms with Crippen LogP contribution in [0.5, 0.6) is 0 Å². The van der Waals surface area contributed by atoms with Crippen LogP contribution < -0.4 is 10.0 Å². The molecule has 0 radical (unpaired) electrons. The molecule has 118 valence electrons. The van der Waals surface area contributed by atoms with Gasteiger partial charge in [-0.3, -0.25) is 0 Å². The lowest BCUT2D eigenvalue weighted by molar-refractivity contribution is 0.125. The van der Waals surface area contributed by atoms with Crippen molar-refractivity contribution in [2.45, 2.75) is 70.4 Å². The highest BCUT2D eigenvalue weighted by molar-refractivity contribution is 7.87. The van der Waals surface area contributed by atoms with E-state index in [-0.39, 0.29) is 11.6 Å². The van der Waals surface area contributed by atoms with Gasteiger partial charge in [-0.05, 0) is 51.5 Å². The Kier molecular flexibility index (Phi) is 5.45. The van der Waals surface area contributed by atoms with E-state index in [2.05, 4.69) is 10.0 Å². The Hall–Kier alpha value is -0.170. The predicted molar refractivity (Wildman–Crippen MR) is 81.8 cm³/mol. The summed E-state index contributed by atoms with van der Waals surface area (Å²) in [5.41, 5.74) is 0.228. The average Bonchev–Trinajstić information content (AvgIpc) is 2.36. The molecule has 0 aromatic heterocycles. The van der Waals surface area contributed by atoms with E-state index >= 15 is 0 Å². The summed E-state index contributed by atoms with van der Waals surface area (Å²) in [6.45, 7) is 6.19. The molecule has 0 aromatic carbocycles. The fraction of sp³-hybridized carbons (Fsp3) is 1.00. The van der Waals surface area contributed by atoms with Crippen LogP contribution in [0.1, 0.15) is 58.8 Å². The zero-order chi connectivity index (χ0) is 14.6. The maximum atomic E-state index is 12.5. The van der Waals surface area contributed by atoms with Crippen LogP contribution in [0.2, 0.25) is 0 Å². The SMILES string of the molecule is CCCN(CCC)S(=O)(=O)NC1CCNC2(CCC2)C1. The molecule has 1 unspecified atom stereocenters. The quantitative estimate of drug-likeness (QED) is 0.751. The highest BCUT2D eigenvalue weighted by Crippen LogP contribution is 2.38. The van der Waals surface area contributed by atoms with Gasteiger partial charge in [-0.1, -0.05) is 13.8 Å². The molecule has 0 aromatic rings. The van der Waals surface area contributed by atoms with Crippen LogP contribution in [0.4, 0.5) is 0 Å². The van der Waals surface area contributed by atoms with E-state index in [1.807, 2.05) is 13.8 Å². The highest BCUT2D eigenvalue weighted by atomic mass is 32.2. The van der Waals surface area contributed by atoms with Crippen molar-refractivity contribution in [1.29, 1.82) is 0 Å². The lowest BCUT2D eigenvalue weighted by Gasteiger charge is -2.48. The largest absolute Gasteiger partial charge is 0.311 e. The second-order valence-electron chi connectivity index (χ2n) is 6.27. The summed E-state index contributed by atoms with van der Waals surface area (Å²) in [6, 6.07) is 0.0952. The highest BCUT2D eigenvalue weighted by Gasteiger charge is 2.42. The van der Waals surface area contributed by atoms with Crippen LogP contribution in [0.3, 0.4) is 0 Å². The summed E-state index contributed by atoms with van der Waals surface area (Å²) >= 11 is 0. The summed E-state index contributed by atoms with van der Waals surface area (Å²) in [7, 11) is -3.33. The van der Waals surface area contributed by atoms with Crippen LogP contribution in [-0.2, 0) is 10.2 Å². The fourth-order valence-corrected chi connectivity index (χ4v) is 5.00. The zero-order valence-corrected chi connectivity index (χ0v) is 13.6. The molecule has 0 bridgehead atoms. The van der Waals surface area contributed by atoms with Gasteiger partial charge in [0.15, 0.2) is 0 Å². The summed E-state index contributed by atoms with van der Waals surface area (Å²) in [4.78, 5) is 0. The molecule has 2 fully saturated rings. The molecular weight excluding hydrogens is 274 g/mol. The van der Waals surface area contributed by atoms with Crippen LogP contribution >= 0.6 is 0 Å². The Bertz CT molecular complexity index is 401. The molecule has 1 saturated carbocycles. The van der Waals surface area contributed by atoms with Crippen molar-refractivity contribution in [3.63, 3.8) is 0 Å². The minimum Gasteiger partial charge on any atom is -0.311 e. The Labute approximate surface area is 123 Å². The molecule has 2 aliphatic rings. The maximum Gasteiger partial charge on any atom is 0.279 e. The Morgan fingerprint density at radius 3 is 2.40 bits per heavy atom. The number of nitrogens with one attached hydrogen (secondary N) is 2. The van der Waals surface area contributed by atoms with Crippen molar-refractivity contribution in [2.24, 2.45) is 0 Å². The summed E-state index contributed by atoms with van der Waals surface area (Å²) in [5.74, 6) is 0. The first-order chi connectivity index (χ1) is 9.51. The van der Waals surface area contributed by atoms with E-state index in [9.17, 15) is 8.42 Å². The molecule has 2 rings (SSSR count). The topological polar surface area (TPSA) is 61.4 Å². The van der Waals surface area contributed by atoms with Crippen molar-refractivity contribution in [2.75, 3.05) is 19.6 Å². The molecule has 20 heavy (non-hydrogen) atoms. The van der Waals surface area contributed by atoms with Crippen LogP contribution in [0.25, 0.3) is 0 Å².